The molecule has 0 aliphatic rings. The Bertz CT molecular complexity index is 675. The number of hydrogen-bond donors (Lipinski definition) is 1. The van der Waals surface area contributed by atoms with Crippen LogP contribution in [-0.2, 0) is 6.54 Å². The lowest BCUT2D eigenvalue weighted by molar-refractivity contribution is 0.403. The molecule has 0 unspecified atom stereocenters. The molecule has 2 rings (SSSR count). The predicted molar refractivity (Wildman–Crippen MR) is 86.7 cm³/mol. The first-order valence-corrected chi connectivity index (χ1v) is 6.88. The average molecular weight is 294 g/mol. The van der Waals surface area contributed by atoms with Gasteiger partial charge in [-0.25, -0.2) is 5.32 Å². The van der Waals surface area contributed by atoms with Gasteiger partial charge in [0.15, 0.2) is 6.19 Å². The van der Waals surface area contributed by atoms with Gasteiger partial charge in [-0.2, -0.15) is 10.3 Å². The topological polar surface area (TPSA) is 60.7 Å². The number of nitrogens with zero attached hydrogens (tertiary/aromatic N) is 3. The monoisotopic (exact) mass is 294 g/mol. The molecule has 112 valence electrons. The van der Waals surface area contributed by atoms with E-state index in [1.165, 1.54) is 0 Å². The van der Waals surface area contributed by atoms with E-state index >= 15 is 0 Å². The van der Waals surface area contributed by atoms with E-state index in [4.69, 9.17) is 10.00 Å². The first-order chi connectivity index (χ1) is 10.7. The zero-order valence-electron chi connectivity index (χ0n) is 12.7. The van der Waals surface area contributed by atoms with Crippen LogP contribution < -0.4 is 10.1 Å². The fourth-order valence-electron chi connectivity index (χ4n) is 1.93. The lowest BCUT2D eigenvalue weighted by atomic mass is 10.2. The minimum absolute atomic E-state index is 0.153. The molecule has 0 saturated heterocycles. The number of amidine groups is 1. The summed E-state index contributed by atoms with van der Waals surface area (Å²) in [4.78, 5) is 6.49. The second-order valence-electron chi connectivity index (χ2n) is 4.94. The molecule has 0 aromatic heterocycles. The van der Waals surface area contributed by atoms with Gasteiger partial charge in [0.05, 0.1) is 5.69 Å². The first-order valence-electron chi connectivity index (χ1n) is 6.88. The molecule has 0 saturated carbocycles. The fourth-order valence-corrected chi connectivity index (χ4v) is 1.93. The zero-order chi connectivity index (χ0) is 15.8. The van der Waals surface area contributed by atoms with Crippen molar-refractivity contribution in [3.63, 3.8) is 0 Å². The molecule has 1 N–H and O–H groups in total. The Balaban J connectivity index is 2.28. The van der Waals surface area contributed by atoms with E-state index in [-0.39, 0.29) is 6.02 Å². The third-order valence-corrected chi connectivity index (χ3v) is 2.82. The van der Waals surface area contributed by atoms with Crippen LogP contribution in [0.1, 0.15) is 5.56 Å². The second kappa shape index (κ2) is 7.81. The summed E-state index contributed by atoms with van der Waals surface area (Å²) in [6, 6.07) is 17.2. The largest absolute Gasteiger partial charge is 0.425 e. The van der Waals surface area contributed by atoms with Gasteiger partial charge in [-0.05, 0) is 37.9 Å². The normalized spacial score (nSPS) is 11.1. The molecule has 0 radical (unpaired) electrons. The lowest BCUT2D eigenvalue weighted by Gasteiger charge is -2.12. The van der Waals surface area contributed by atoms with Crippen LogP contribution >= 0.6 is 0 Å². The molecule has 22 heavy (non-hydrogen) atoms. The van der Waals surface area contributed by atoms with Crippen LogP contribution in [0.3, 0.4) is 0 Å². The number of rotatable bonds is 4. The standard InChI is InChI=1S/C17H18N4O/c1-21(2)12-14-8-6-7-11-16(14)20-17(19-13-18)22-15-9-4-3-5-10-15/h3-11H,12H2,1-2H3,(H,19,20). The SMILES string of the molecule is CN(C)Cc1ccccc1N=C(NC#N)Oc1ccccc1. The van der Waals surface area contributed by atoms with Crippen LogP contribution in [0.5, 0.6) is 5.75 Å². The highest BCUT2D eigenvalue weighted by Crippen LogP contribution is 2.20. The lowest BCUT2D eigenvalue weighted by Crippen LogP contribution is -2.24. The zero-order valence-corrected chi connectivity index (χ0v) is 12.7. The predicted octanol–water partition coefficient (Wildman–Crippen LogP) is 2.89. The molecule has 0 aliphatic carbocycles. The summed E-state index contributed by atoms with van der Waals surface area (Å²) in [5.41, 5.74) is 1.83. The van der Waals surface area contributed by atoms with Crippen LogP contribution in [0.25, 0.3) is 0 Å². The highest BCUT2D eigenvalue weighted by atomic mass is 16.5. The highest BCUT2D eigenvalue weighted by molar-refractivity contribution is 5.81. The summed E-state index contributed by atoms with van der Waals surface area (Å²) >= 11 is 0. The number of para-hydroxylation sites is 2. The van der Waals surface area contributed by atoms with Gasteiger partial charge in [0.25, 0.3) is 0 Å². The van der Waals surface area contributed by atoms with Gasteiger partial charge in [0, 0.05) is 6.54 Å². The Morgan fingerprint density at radius 2 is 1.82 bits per heavy atom. The van der Waals surface area contributed by atoms with Crippen LogP contribution in [0.15, 0.2) is 59.6 Å². The summed E-state index contributed by atoms with van der Waals surface area (Å²) in [7, 11) is 3.99. The van der Waals surface area contributed by atoms with E-state index in [0.29, 0.717) is 5.75 Å². The molecule has 0 aliphatic heterocycles. The quantitative estimate of drug-likeness (QED) is 0.408. The van der Waals surface area contributed by atoms with Crippen molar-refractivity contribution in [2.45, 2.75) is 6.54 Å². The first kappa shape index (κ1) is 15.5. The van der Waals surface area contributed by atoms with Crippen LogP contribution in [0.4, 0.5) is 5.69 Å². The highest BCUT2D eigenvalue weighted by Gasteiger charge is 2.06. The molecule has 0 fully saturated rings. The molecule has 5 heteroatoms. The van der Waals surface area contributed by atoms with Crippen LogP contribution in [-0.4, -0.2) is 25.0 Å². The molecule has 0 atom stereocenters. The minimum atomic E-state index is 0.153. The molecular formula is C17H18N4O. The summed E-state index contributed by atoms with van der Waals surface area (Å²) in [6.07, 6.45) is 1.85. The smallest absolute Gasteiger partial charge is 0.309 e. The van der Waals surface area contributed by atoms with Gasteiger partial charge in [-0.1, -0.05) is 36.4 Å². The van der Waals surface area contributed by atoms with E-state index in [9.17, 15) is 0 Å². The van der Waals surface area contributed by atoms with E-state index in [1.54, 1.807) is 12.1 Å². The van der Waals surface area contributed by atoms with Crippen LogP contribution in [0.2, 0.25) is 0 Å². The number of nitriles is 1. The van der Waals surface area contributed by atoms with Crippen molar-refractivity contribution >= 4 is 11.7 Å². The molecule has 0 bridgehead atoms. The molecule has 0 amide bonds. The Morgan fingerprint density at radius 1 is 1.14 bits per heavy atom. The summed E-state index contributed by atoms with van der Waals surface area (Å²) in [5.74, 6) is 0.620. The van der Waals surface area contributed by atoms with Crippen molar-refractivity contribution in [2.75, 3.05) is 14.1 Å². The van der Waals surface area contributed by atoms with Gasteiger partial charge in [-0.15, -0.1) is 0 Å². The number of nitrogens with one attached hydrogen (secondary N) is 1. The fraction of sp³-hybridized carbons (Fsp3) is 0.176. The number of ether oxygens (including phenoxy) is 1. The second-order valence-corrected chi connectivity index (χ2v) is 4.94. The number of benzene rings is 2. The summed E-state index contributed by atoms with van der Waals surface area (Å²) in [6.45, 7) is 0.755. The maximum Gasteiger partial charge on any atom is 0.309 e. The van der Waals surface area contributed by atoms with Gasteiger partial charge in [0.2, 0.25) is 0 Å². The maximum absolute atomic E-state index is 8.88. The summed E-state index contributed by atoms with van der Waals surface area (Å²) in [5, 5.41) is 11.4. The Hall–Kier alpha value is -2.84. The van der Waals surface area contributed by atoms with Gasteiger partial charge >= 0.3 is 6.02 Å². The van der Waals surface area contributed by atoms with Crippen molar-refractivity contribution < 1.29 is 4.74 Å². The summed E-state index contributed by atoms with van der Waals surface area (Å²) < 4.78 is 5.62. The molecular weight excluding hydrogens is 276 g/mol. The van der Waals surface area contributed by atoms with Gasteiger partial charge < -0.3 is 9.64 Å². The molecule has 5 nitrogen and oxygen atoms in total. The molecule has 0 heterocycles. The Labute approximate surface area is 130 Å². The van der Waals surface area contributed by atoms with Crippen molar-refractivity contribution in [1.82, 2.24) is 10.2 Å². The van der Waals surface area contributed by atoms with Crippen molar-refractivity contribution in [1.29, 1.82) is 5.26 Å². The minimum Gasteiger partial charge on any atom is -0.425 e. The average Bonchev–Trinajstić information content (AvgIpc) is 2.50. The van der Waals surface area contributed by atoms with Crippen molar-refractivity contribution in [2.24, 2.45) is 4.99 Å². The van der Waals surface area contributed by atoms with Gasteiger partial charge in [0.1, 0.15) is 5.75 Å². The van der Waals surface area contributed by atoms with Crippen molar-refractivity contribution in [3.05, 3.63) is 60.2 Å². The number of aliphatic imine (C=N–C) groups is 1. The number of hydrogen-bond acceptors (Lipinski definition) is 4. The van der Waals surface area contributed by atoms with E-state index in [2.05, 4.69) is 15.2 Å². The molecule has 0 spiro atoms. The van der Waals surface area contributed by atoms with Crippen LogP contribution in [0, 0.1) is 11.5 Å². The van der Waals surface area contributed by atoms with E-state index in [1.807, 2.05) is 62.8 Å². The Kier molecular flexibility index (Phi) is 5.52. The van der Waals surface area contributed by atoms with E-state index < -0.39 is 0 Å². The van der Waals surface area contributed by atoms with Gasteiger partial charge in [-0.3, -0.25) is 0 Å². The third-order valence-electron chi connectivity index (χ3n) is 2.82. The maximum atomic E-state index is 8.88. The molecule has 2 aromatic rings. The Morgan fingerprint density at radius 3 is 2.50 bits per heavy atom. The molecule has 2 aromatic carbocycles. The van der Waals surface area contributed by atoms with Crippen molar-refractivity contribution in [3.8, 4) is 11.9 Å². The third kappa shape index (κ3) is 4.62. The van der Waals surface area contributed by atoms with E-state index in [0.717, 1.165) is 17.8 Å².